The molecule has 1 heterocycles. The highest BCUT2D eigenvalue weighted by Crippen LogP contribution is 2.21. The van der Waals surface area contributed by atoms with Gasteiger partial charge in [0.25, 0.3) is 5.69 Å². The zero-order valence-corrected chi connectivity index (χ0v) is 12.9. The van der Waals surface area contributed by atoms with Gasteiger partial charge in [-0.05, 0) is 51.4 Å². The van der Waals surface area contributed by atoms with Crippen molar-refractivity contribution in [2.45, 2.75) is 45.2 Å². The van der Waals surface area contributed by atoms with E-state index in [4.69, 9.17) is 0 Å². The molecule has 5 heteroatoms. The molecule has 0 bridgehead atoms. The first-order valence-electron chi connectivity index (χ1n) is 7.83. The quantitative estimate of drug-likeness (QED) is 0.646. The van der Waals surface area contributed by atoms with Crippen LogP contribution in [0.3, 0.4) is 0 Å². The van der Waals surface area contributed by atoms with E-state index in [0.29, 0.717) is 6.04 Å². The minimum Gasteiger partial charge on any atom is -0.307 e. The summed E-state index contributed by atoms with van der Waals surface area (Å²) in [5, 5.41) is 14.5. The first kappa shape index (κ1) is 15.9. The van der Waals surface area contributed by atoms with Gasteiger partial charge in [0.1, 0.15) is 0 Å². The van der Waals surface area contributed by atoms with E-state index in [1.54, 1.807) is 18.2 Å². The fraction of sp³-hybridized carbons (Fsp3) is 0.625. The van der Waals surface area contributed by atoms with E-state index in [9.17, 15) is 10.1 Å². The van der Waals surface area contributed by atoms with Crippen LogP contribution in [0.25, 0.3) is 0 Å². The zero-order chi connectivity index (χ0) is 15.2. The second-order valence-electron chi connectivity index (χ2n) is 5.86. The minimum absolute atomic E-state index is 0.146. The van der Waals surface area contributed by atoms with E-state index in [0.717, 1.165) is 31.5 Å². The largest absolute Gasteiger partial charge is 0.307 e. The lowest BCUT2D eigenvalue weighted by atomic mass is 10.0. The van der Waals surface area contributed by atoms with Crippen LogP contribution in [-0.4, -0.2) is 35.5 Å². The van der Waals surface area contributed by atoms with Crippen molar-refractivity contribution >= 4 is 5.69 Å². The number of nitrogens with one attached hydrogen (secondary N) is 1. The first-order chi connectivity index (χ1) is 10.1. The third-order valence-corrected chi connectivity index (χ3v) is 4.19. The summed E-state index contributed by atoms with van der Waals surface area (Å²) < 4.78 is 0. The lowest BCUT2D eigenvalue weighted by Gasteiger charge is -2.33. The van der Waals surface area contributed by atoms with Crippen molar-refractivity contribution in [3.63, 3.8) is 0 Å². The summed E-state index contributed by atoms with van der Waals surface area (Å²) in [6.45, 7) is 7.78. The van der Waals surface area contributed by atoms with Gasteiger partial charge < -0.3 is 10.2 Å². The number of nitro benzene ring substituents is 1. The molecule has 2 rings (SSSR count). The van der Waals surface area contributed by atoms with Crippen molar-refractivity contribution < 1.29 is 4.92 Å². The molecule has 1 atom stereocenters. The highest BCUT2D eigenvalue weighted by atomic mass is 16.6. The second kappa shape index (κ2) is 7.52. The minimum atomic E-state index is -0.334. The molecule has 5 nitrogen and oxygen atoms in total. The second-order valence-corrected chi connectivity index (χ2v) is 5.86. The Hall–Kier alpha value is -1.46. The summed E-state index contributed by atoms with van der Waals surface area (Å²) in [4.78, 5) is 13.0. The Labute approximate surface area is 126 Å². The highest BCUT2D eigenvalue weighted by Gasteiger charge is 2.20. The van der Waals surface area contributed by atoms with Gasteiger partial charge in [-0.2, -0.15) is 0 Å². The van der Waals surface area contributed by atoms with E-state index in [2.05, 4.69) is 24.1 Å². The number of nitrogens with zero attached hydrogens (tertiary/aromatic N) is 2. The van der Waals surface area contributed by atoms with Crippen LogP contribution in [0.2, 0.25) is 0 Å². The van der Waals surface area contributed by atoms with Crippen LogP contribution < -0.4 is 5.32 Å². The molecule has 1 aliphatic heterocycles. The molecule has 1 aliphatic rings. The zero-order valence-electron chi connectivity index (χ0n) is 12.9. The fourth-order valence-corrected chi connectivity index (χ4v) is 3.00. The van der Waals surface area contributed by atoms with Crippen molar-refractivity contribution in [2.75, 3.05) is 19.6 Å². The van der Waals surface area contributed by atoms with Crippen LogP contribution in [0.5, 0.6) is 0 Å². The molecule has 1 aromatic rings. The Kier molecular flexibility index (Phi) is 5.70. The molecule has 21 heavy (non-hydrogen) atoms. The van der Waals surface area contributed by atoms with Crippen LogP contribution in [0.15, 0.2) is 24.3 Å². The van der Waals surface area contributed by atoms with Crippen molar-refractivity contribution in [2.24, 2.45) is 0 Å². The molecule has 1 N–H and O–H groups in total. The summed E-state index contributed by atoms with van der Waals surface area (Å²) in [5.74, 6) is 0. The normalized spacial score (nSPS) is 18.6. The van der Waals surface area contributed by atoms with Crippen molar-refractivity contribution in [1.29, 1.82) is 0 Å². The number of likely N-dealkylation sites (tertiary alicyclic amines) is 1. The maximum atomic E-state index is 10.8. The number of non-ortho nitro benzene ring substituents is 1. The van der Waals surface area contributed by atoms with Gasteiger partial charge in [0.05, 0.1) is 4.92 Å². The van der Waals surface area contributed by atoms with Gasteiger partial charge in [0.15, 0.2) is 0 Å². The maximum Gasteiger partial charge on any atom is 0.269 e. The lowest BCUT2D eigenvalue weighted by molar-refractivity contribution is -0.384. The van der Waals surface area contributed by atoms with E-state index < -0.39 is 0 Å². The van der Waals surface area contributed by atoms with E-state index in [-0.39, 0.29) is 16.7 Å². The molecular weight excluding hydrogens is 266 g/mol. The van der Waals surface area contributed by atoms with Crippen LogP contribution in [-0.2, 0) is 0 Å². The topological polar surface area (TPSA) is 58.4 Å². The molecule has 1 saturated heterocycles. The predicted molar refractivity (Wildman–Crippen MR) is 84.4 cm³/mol. The number of nitro groups is 1. The summed E-state index contributed by atoms with van der Waals surface area (Å²) in [6, 6.07) is 7.58. The Balaban J connectivity index is 1.89. The monoisotopic (exact) mass is 291 g/mol. The Morgan fingerprint density at radius 3 is 2.76 bits per heavy atom. The number of rotatable bonds is 6. The number of hydrogen-bond acceptors (Lipinski definition) is 4. The summed E-state index contributed by atoms with van der Waals surface area (Å²) in [5.41, 5.74) is 1.15. The van der Waals surface area contributed by atoms with Crippen molar-refractivity contribution in [3.05, 3.63) is 39.9 Å². The van der Waals surface area contributed by atoms with E-state index in [1.165, 1.54) is 13.0 Å². The van der Waals surface area contributed by atoms with Gasteiger partial charge in [-0.3, -0.25) is 10.1 Å². The molecule has 116 valence electrons. The van der Waals surface area contributed by atoms with Gasteiger partial charge in [-0.25, -0.2) is 0 Å². The SMILES string of the molecule is CCCN1CCC(NC(C)c2cccc([N+](=O)[O-])c2)CC1. The number of hydrogen-bond donors (Lipinski definition) is 1. The lowest BCUT2D eigenvalue weighted by Crippen LogP contribution is -2.43. The van der Waals surface area contributed by atoms with Gasteiger partial charge >= 0.3 is 0 Å². The third-order valence-electron chi connectivity index (χ3n) is 4.19. The van der Waals surface area contributed by atoms with Crippen molar-refractivity contribution in [3.8, 4) is 0 Å². The number of benzene rings is 1. The van der Waals surface area contributed by atoms with Gasteiger partial charge in [0, 0.05) is 24.2 Å². The molecule has 0 saturated carbocycles. The van der Waals surface area contributed by atoms with Gasteiger partial charge in [0.2, 0.25) is 0 Å². The molecule has 1 fully saturated rings. The summed E-state index contributed by atoms with van der Waals surface area (Å²) >= 11 is 0. The van der Waals surface area contributed by atoms with Crippen LogP contribution >= 0.6 is 0 Å². The van der Waals surface area contributed by atoms with E-state index >= 15 is 0 Å². The maximum absolute atomic E-state index is 10.8. The molecule has 0 aromatic heterocycles. The summed E-state index contributed by atoms with van der Waals surface area (Å²) in [7, 11) is 0. The number of piperidine rings is 1. The molecule has 0 amide bonds. The van der Waals surface area contributed by atoms with Crippen LogP contribution in [0.1, 0.15) is 44.7 Å². The first-order valence-corrected chi connectivity index (χ1v) is 7.83. The van der Waals surface area contributed by atoms with Crippen LogP contribution in [0, 0.1) is 10.1 Å². The van der Waals surface area contributed by atoms with Crippen LogP contribution in [0.4, 0.5) is 5.69 Å². The predicted octanol–water partition coefficient (Wildman–Crippen LogP) is 3.12. The molecular formula is C16H25N3O2. The Bertz CT molecular complexity index is 470. The van der Waals surface area contributed by atoms with Gasteiger partial charge in [-0.1, -0.05) is 19.1 Å². The Morgan fingerprint density at radius 1 is 1.43 bits per heavy atom. The molecule has 0 spiro atoms. The molecule has 0 aliphatic carbocycles. The molecule has 1 aromatic carbocycles. The average Bonchev–Trinajstić information content (AvgIpc) is 2.49. The average molecular weight is 291 g/mol. The molecule has 0 radical (unpaired) electrons. The van der Waals surface area contributed by atoms with Gasteiger partial charge in [-0.15, -0.1) is 0 Å². The van der Waals surface area contributed by atoms with E-state index in [1.807, 2.05) is 6.07 Å². The highest BCUT2D eigenvalue weighted by molar-refractivity contribution is 5.35. The standard InChI is InChI=1S/C16H25N3O2/c1-3-9-18-10-7-15(8-11-18)17-13(2)14-5-4-6-16(12-14)19(20)21/h4-6,12-13,15,17H,3,7-11H2,1-2H3. The third kappa shape index (κ3) is 4.51. The molecule has 1 unspecified atom stereocenters. The fourth-order valence-electron chi connectivity index (χ4n) is 3.00. The summed E-state index contributed by atoms with van der Waals surface area (Å²) in [6.07, 6.45) is 3.51. The Morgan fingerprint density at radius 2 is 2.14 bits per heavy atom. The smallest absolute Gasteiger partial charge is 0.269 e. The van der Waals surface area contributed by atoms with Crippen molar-refractivity contribution in [1.82, 2.24) is 10.2 Å².